The Labute approximate surface area is 216 Å². The number of anilines is 1. The van der Waals surface area contributed by atoms with Crippen molar-refractivity contribution in [1.82, 2.24) is 0 Å². The van der Waals surface area contributed by atoms with Gasteiger partial charge in [0.1, 0.15) is 11.4 Å². The number of fused-ring (bicyclic) bond motifs is 1. The molecule has 30 heavy (non-hydrogen) atoms. The van der Waals surface area contributed by atoms with Crippen molar-refractivity contribution in [2.24, 2.45) is 10.2 Å². The number of hydrogen-bond donors (Lipinski definition) is 4. The van der Waals surface area contributed by atoms with Crippen molar-refractivity contribution < 1.29 is 31.0 Å². The summed E-state index contributed by atoms with van der Waals surface area (Å²) in [4.78, 5) is -0.950. The maximum absolute atomic E-state index is 11.4. The normalized spacial score (nSPS) is 11.8. The summed E-state index contributed by atoms with van der Waals surface area (Å²) in [5.41, 5.74) is 6.03. The standard InChI is InChI=1S/C16H13N3O7S2.2Na/c17-14-5-4-12-13(7-11(8-15(12)20)28(24,25)26)16(14)19-18-9-2-1-3-10(6-9)27(21,22)23;;/h1-8,20H,17H2,(H,21,22,23)(H,24,25,26);;. The van der Waals surface area contributed by atoms with Gasteiger partial charge in [-0.1, -0.05) is 6.07 Å². The number of aromatic hydroxyl groups is 1. The van der Waals surface area contributed by atoms with Gasteiger partial charge in [-0.25, -0.2) is 0 Å². The Kier molecular flexibility index (Phi) is 9.03. The first-order valence-corrected chi connectivity index (χ1v) is 10.4. The number of phenolic OH excluding ortho intramolecular Hbond substituents is 1. The number of nitrogen functional groups attached to an aromatic ring is 1. The van der Waals surface area contributed by atoms with Crippen LogP contribution in [-0.4, -0.2) is 90.2 Å². The maximum Gasteiger partial charge on any atom is 0.294 e. The summed E-state index contributed by atoms with van der Waals surface area (Å²) < 4.78 is 63.6. The summed E-state index contributed by atoms with van der Waals surface area (Å²) >= 11 is 0. The van der Waals surface area contributed by atoms with E-state index in [0.717, 1.165) is 24.3 Å². The first-order chi connectivity index (χ1) is 13.0. The molecule has 0 bridgehead atoms. The zero-order valence-electron chi connectivity index (χ0n) is 15.9. The second-order valence-corrected chi connectivity index (χ2v) is 8.53. The van der Waals surface area contributed by atoms with Crippen LogP contribution >= 0.6 is 0 Å². The number of benzene rings is 3. The molecule has 3 aromatic carbocycles. The molecule has 0 spiro atoms. The second-order valence-electron chi connectivity index (χ2n) is 5.69. The summed E-state index contributed by atoms with van der Waals surface area (Å²) in [6.07, 6.45) is 0. The molecule has 14 heteroatoms. The van der Waals surface area contributed by atoms with Gasteiger partial charge in [0.05, 0.1) is 21.2 Å². The third-order valence-corrected chi connectivity index (χ3v) is 5.45. The Bertz CT molecular complexity index is 1340. The largest absolute Gasteiger partial charge is 0.507 e. The molecule has 0 aliphatic heterocycles. The molecular weight excluding hydrogens is 456 g/mol. The van der Waals surface area contributed by atoms with Crippen molar-refractivity contribution >= 4 is 107 Å². The van der Waals surface area contributed by atoms with Gasteiger partial charge < -0.3 is 10.8 Å². The summed E-state index contributed by atoms with van der Waals surface area (Å²) in [5.74, 6) is -0.421. The fourth-order valence-electron chi connectivity index (χ4n) is 2.47. The molecule has 3 aromatic rings. The van der Waals surface area contributed by atoms with Crippen LogP contribution in [0.15, 0.2) is 68.6 Å². The maximum atomic E-state index is 11.4. The summed E-state index contributed by atoms with van der Waals surface area (Å²) in [6.45, 7) is 0. The zero-order chi connectivity index (χ0) is 20.7. The van der Waals surface area contributed by atoms with Crippen LogP contribution in [0.5, 0.6) is 5.75 Å². The molecule has 0 fully saturated rings. The van der Waals surface area contributed by atoms with Crippen LogP contribution in [0.2, 0.25) is 0 Å². The Hall–Kier alpha value is -1.06. The van der Waals surface area contributed by atoms with Crippen molar-refractivity contribution in [3.8, 4) is 5.75 Å². The summed E-state index contributed by atoms with van der Waals surface area (Å²) in [6, 6.07) is 9.79. The summed E-state index contributed by atoms with van der Waals surface area (Å²) in [5, 5.41) is 18.2. The average Bonchev–Trinajstić information content (AvgIpc) is 2.59. The molecule has 0 aromatic heterocycles. The number of hydrogen-bond acceptors (Lipinski definition) is 8. The molecule has 0 aliphatic rings. The molecule has 0 unspecified atom stereocenters. The van der Waals surface area contributed by atoms with Crippen molar-refractivity contribution in [2.75, 3.05) is 5.73 Å². The molecule has 0 aliphatic carbocycles. The monoisotopic (exact) mass is 469 g/mol. The third kappa shape index (κ3) is 6.01. The van der Waals surface area contributed by atoms with E-state index in [1.165, 1.54) is 24.3 Å². The number of rotatable bonds is 4. The minimum atomic E-state index is -4.60. The average molecular weight is 469 g/mol. The first-order valence-electron chi connectivity index (χ1n) is 7.49. The fourth-order valence-corrected chi connectivity index (χ4v) is 3.51. The van der Waals surface area contributed by atoms with Crippen molar-refractivity contribution in [2.45, 2.75) is 9.79 Å². The van der Waals surface area contributed by atoms with Crippen LogP contribution in [-0.2, 0) is 20.2 Å². The van der Waals surface area contributed by atoms with E-state index in [-0.39, 0.29) is 91.8 Å². The number of azo groups is 1. The first kappa shape index (κ1) is 27.0. The molecule has 5 N–H and O–H groups in total. The van der Waals surface area contributed by atoms with E-state index in [4.69, 9.17) is 10.3 Å². The quantitative estimate of drug-likeness (QED) is 0.194. The van der Waals surface area contributed by atoms with Crippen LogP contribution in [0.4, 0.5) is 17.1 Å². The van der Waals surface area contributed by atoms with E-state index in [2.05, 4.69) is 10.2 Å². The third-order valence-electron chi connectivity index (χ3n) is 3.77. The molecule has 0 heterocycles. The second kappa shape index (κ2) is 10.0. The minimum absolute atomic E-state index is 0. The predicted octanol–water partition coefficient (Wildman–Crippen LogP) is 2.27. The zero-order valence-corrected chi connectivity index (χ0v) is 21.5. The van der Waals surface area contributed by atoms with Crippen LogP contribution < -0.4 is 5.73 Å². The van der Waals surface area contributed by atoms with Crippen molar-refractivity contribution in [3.63, 3.8) is 0 Å². The van der Waals surface area contributed by atoms with E-state index >= 15 is 0 Å². The minimum Gasteiger partial charge on any atom is -0.507 e. The number of nitrogens with two attached hydrogens (primary N) is 1. The molecule has 0 saturated carbocycles. The Morgan fingerprint density at radius 1 is 0.767 bits per heavy atom. The van der Waals surface area contributed by atoms with Gasteiger partial charge in [-0.15, -0.1) is 5.11 Å². The molecular formula is C16H13N3Na2O7S2. The van der Waals surface area contributed by atoms with E-state index < -0.39 is 30.9 Å². The number of nitrogens with zero attached hydrogens (tertiary/aromatic N) is 2. The SMILES string of the molecule is Nc1ccc2c(O)cc(S(=O)(=O)O)cc2c1N=Nc1cccc(S(=O)(=O)O)c1.[Na].[Na]. The molecule has 148 valence electrons. The van der Waals surface area contributed by atoms with Crippen molar-refractivity contribution in [3.05, 3.63) is 48.5 Å². The molecule has 10 nitrogen and oxygen atoms in total. The van der Waals surface area contributed by atoms with Gasteiger partial charge in [-0.3, -0.25) is 9.11 Å². The molecule has 0 amide bonds. The summed E-state index contributed by atoms with van der Waals surface area (Å²) in [7, 11) is -9.04. The van der Waals surface area contributed by atoms with Gasteiger partial charge in [0.25, 0.3) is 20.2 Å². The Balaban J connectivity index is 0.00000225. The Morgan fingerprint density at radius 2 is 1.40 bits per heavy atom. The van der Waals surface area contributed by atoms with E-state index in [1.54, 1.807) is 0 Å². The van der Waals surface area contributed by atoms with E-state index in [1.807, 2.05) is 0 Å². The van der Waals surface area contributed by atoms with Gasteiger partial charge in [0.15, 0.2) is 0 Å². The van der Waals surface area contributed by atoms with Crippen molar-refractivity contribution in [1.29, 1.82) is 0 Å². The van der Waals surface area contributed by atoms with Crippen LogP contribution in [0.25, 0.3) is 10.8 Å². The Morgan fingerprint density at radius 3 is 2.00 bits per heavy atom. The van der Waals surface area contributed by atoms with E-state index in [9.17, 15) is 26.5 Å². The smallest absolute Gasteiger partial charge is 0.294 e. The van der Waals surface area contributed by atoms with Gasteiger partial charge in [0.2, 0.25) is 0 Å². The van der Waals surface area contributed by atoms with Gasteiger partial charge in [-0.05, 0) is 36.4 Å². The topological polar surface area (TPSA) is 180 Å². The fraction of sp³-hybridized carbons (Fsp3) is 0. The molecule has 0 saturated heterocycles. The molecule has 3 rings (SSSR count). The van der Waals surface area contributed by atoms with Gasteiger partial charge in [0, 0.05) is 76.0 Å². The number of phenols is 1. The predicted molar refractivity (Wildman–Crippen MR) is 112 cm³/mol. The molecule has 0 atom stereocenters. The molecule has 2 radical (unpaired) electrons. The van der Waals surface area contributed by atoms with Crippen LogP contribution in [0.3, 0.4) is 0 Å². The van der Waals surface area contributed by atoms with Gasteiger partial charge in [-0.2, -0.15) is 21.9 Å². The van der Waals surface area contributed by atoms with E-state index in [0.29, 0.717) is 0 Å². The van der Waals surface area contributed by atoms with Crippen LogP contribution in [0.1, 0.15) is 0 Å². The van der Waals surface area contributed by atoms with Crippen LogP contribution in [0, 0.1) is 0 Å². The van der Waals surface area contributed by atoms with Gasteiger partial charge >= 0.3 is 0 Å².